The molecule has 33 heavy (non-hydrogen) atoms. The third-order valence-electron chi connectivity index (χ3n) is 5.98. The Balaban J connectivity index is 1.45. The molecule has 1 aliphatic heterocycles. The highest BCUT2D eigenvalue weighted by molar-refractivity contribution is 5.95. The van der Waals surface area contributed by atoms with E-state index in [9.17, 15) is 4.79 Å². The van der Waals surface area contributed by atoms with Crippen molar-refractivity contribution in [1.82, 2.24) is 25.1 Å². The minimum atomic E-state index is -0.248. The van der Waals surface area contributed by atoms with Crippen molar-refractivity contribution in [2.75, 3.05) is 33.5 Å². The highest BCUT2D eigenvalue weighted by Gasteiger charge is 2.23. The van der Waals surface area contributed by atoms with E-state index in [1.165, 1.54) is 11.8 Å². The molecule has 1 atom stereocenters. The van der Waals surface area contributed by atoms with Crippen LogP contribution in [-0.4, -0.2) is 65.2 Å². The number of nitrogens with zero attached hydrogens (tertiary/aromatic N) is 4. The van der Waals surface area contributed by atoms with Gasteiger partial charge in [0.15, 0.2) is 0 Å². The first-order chi connectivity index (χ1) is 16.2. The number of carbonyl (C=O) groups excluding carboxylic acids is 1. The van der Waals surface area contributed by atoms with Crippen molar-refractivity contribution in [1.29, 1.82) is 0 Å². The van der Waals surface area contributed by atoms with Gasteiger partial charge in [-0.25, -0.2) is 9.97 Å². The van der Waals surface area contributed by atoms with Gasteiger partial charge in [0.05, 0.1) is 55.7 Å². The van der Waals surface area contributed by atoms with E-state index in [4.69, 9.17) is 19.2 Å². The smallest absolute Gasteiger partial charge is 0.254 e. The van der Waals surface area contributed by atoms with Crippen molar-refractivity contribution in [3.05, 3.63) is 59.0 Å². The molecule has 9 heteroatoms. The Morgan fingerprint density at radius 3 is 2.94 bits per heavy atom. The zero-order valence-electron chi connectivity index (χ0n) is 18.6. The molecule has 9 nitrogen and oxygen atoms in total. The average Bonchev–Trinajstić information content (AvgIpc) is 3.18. The van der Waals surface area contributed by atoms with Gasteiger partial charge in [0, 0.05) is 25.4 Å². The minimum Gasteiger partial charge on any atom is -0.378 e. The van der Waals surface area contributed by atoms with Gasteiger partial charge < -0.3 is 19.5 Å². The van der Waals surface area contributed by atoms with E-state index < -0.39 is 0 Å². The summed E-state index contributed by atoms with van der Waals surface area (Å²) in [4.78, 5) is 22.4. The Kier molecular flexibility index (Phi) is 6.43. The van der Waals surface area contributed by atoms with Crippen molar-refractivity contribution in [3.63, 3.8) is 0 Å². The quantitative estimate of drug-likeness (QED) is 0.615. The lowest BCUT2D eigenvalue weighted by molar-refractivity contribution is -0.0855. The average molecular weight is 450 g/mol. The molecule has 5 rings (SSSR count). The van der Waals surface area contributed by atoms with Crippen LogP contribution in [0, 0.1) is 0 Å². The van der Waals surface area contributed by atoms with E-state index in [-0.39, 0.29) is 18.6 Å². The Morgan fingerprint density at radius 1 is 1.21 bits per heavy atom. The number of hydrogen-bond donors (Lipinski definition) is 1. The summed E-state index contributed by atoms with van der Waals surface area (Å²) in [5.41, 5.74) is 5.48. The van der Waals surface area contributed by atoms with Crippen molar-refractivity contribution in [3.8, 4) is 17.2 Å². The van der Waals surface area contributed by atoms with Crippen LogP contribution in [0.4, 0.5) is 0 Å². The molecule has 3 aromatic rings. The molecule has 1 saturated heterocycles. The molecule has 1 aromatic carbocycles. The van der Waals surface area contributed by atoms with Crippen LogP contribution in [0.2, 0.25) is 0 Å². The molecule has 3 heterocycles. The number of fused-ring (bicyclic) bond motifs is 3. The van der Waals surface area contributed by atoms with Crippen molar-refractivity contribution in [2.45, 2.75) is 32.0 Å². The largest absolute Gasteiger partial charge is 0.378 e. The van der Waals surface area contributed by atoms with Gasteiger partial charge in [-0.2, -0.15) is 9.78 Å². The number of ether oxygens (including phenoxy) is 3. The molecular weight excluding hydrogens is 422 g/mol. The molecule has 0 spiro atoms. The van der Waals surface area contributed by atoms with Crippen LogP contribution in [0.3, 0.4) is 0 Å². The molecule has 2 aliphatic rings. The SMILES string of the molecule is COCc1c(C(=O)NCC2COCCO2)cnn1-c1ncc2c(n1)-c1ccccc1CCC2. The first-order valence-corrected chi connectivity index (χ1v) is 11.2. The number of rotatable bonds is 6. The highest BCUT2D eigenvalue weighted by atomic mass is 16.6. The summed E-state index contributed by atoms with van der Waals surface area (Å²) in [6, 6.07) is 8.35. The maximum Gasteiger partial charge on any atom is 0.254 e. The summed E-state index contributed by atoms with van der Waals surface area (Å²) < 4.78 is 18.0. The molecule has 1 fully saturated rings. The summed E-state index contributed by atoms with van der Waals surface area (Å²) in [6.45, 7) is 2.15. The van der Waals surface area contributed by atoms with E-state index in [2.05, 4.69) is 33.6 Å². The van der Waals surface area contributed by atoms with Crippen LogP contribution in [0.5, 0.6) is 0 Å². The predicted molar refractivity (Wildman–Crippen MR) is 120 cm³/mol. The van der Waals surface area contributed by atoms with Gasteiger partial charge in [-0.15, -0.1) is 0 Å². The molecule has 1 aliphatic carbocycles. The van der Waals surface area contributed by atoms with Crippen molar-refractivity contribution >= 4 is 5.91 Å². The van der Waals surface area contributed by atoms with Gasteiger partial charge in [0.1, 0.15) is 0 Å². The fourth-order valence-electron chi connectivity index (χ4n) is 4.32. The standard InChI is InChI=1S/C24H27N5O4/c1-31-15-21-20(23(30)25-12-18-14-32-9-10-33-18)13-27-29(21)24-26-11-17-7-4-6-16-5-2-3-8-19(16)22(17)28-24/h2-3,5,8,11,13,18H,4,6-7,9-10,12,14-15H2,1H3,(H,25,30). The van der Waals surface area contributed by atoms with Gasteiger partial charge in [-0.1, -0.05) is 24.3 Å². The Labute approximate surface area is 192 Å². The fraction of sp³-hybridized carbons (Fsp3) is 0.417. The maximum atomic E-state index is 12.9. The lowest BCUT2D eigenvalue weighted by Gasteiger charge is -2.23. The molecule has 1 N–H and O–H groups in total. The normalized spacial score (nSPS) is 17.7. The van der Waals surface area contributed by atoms with Crippen LogP contribution >= 0.6 is 0 Å². The Bertz CT molecular complexity index is 1140. The lowest BCUT2D eigenvalue weighted by Crippen LogP contribution is -2.39. The van der Waals surface area contributed by atoms with Crippen LogP contribution in [0.15, 0.2) is 36.7 Å². The van der Waals surface area contributed by atoms with Gasteiger partial charge in [0.25, 0.3) is 11.9 Å². The Hall–Kier alpha value is -3.14. The Morgan fingerprint density at radius 2 is 2.09 bits per heavy atom. The van der Waals surface area contributed by atoms with Crippen LogP contribution in [-0.2, 0) is 33.7 Å². The van der Waals surface area contributed by atoms with E-state index in [0.29, 0.717) is 43.6 Å². The predicted octanol–water partition coefficient (Wildman–Crippen LogP) is 2.11. The molecule has 2 aromatic heterocycles. The second-order valence-corrected chi connectivity index (χ2v) is 8.18. The second kappa shape index (κ2) is 9.78. The maximum absolute atomic E-state index is 12.9. The van der Waals surface area contributed by atoms with Crippen LogP contribution in [0.25, 0.3) is 17.2 Å². The summed E-state index contributed by atoms with van der Waals surface area (Å²) in [7, 11) is 1.58. The fourth-order valence-corrected chi connectivity index (χ4v) is 4.32. The molecular formula is C24H27N5O4. The number of carbonyl (C=O) groups is 1. The zero-order chi connectivity index (χ0) is 22.6. The number of methoxy groups -OCH3 is 1. The van der Waals surface area contributed by atoms with Gasteiger partial charge >= 0.3 is 0 Å². The summed E-state index contributed by atoms with van der Waals surface area (Å²) in [6.07, 6.45) is 6.25. The summed E-state index contributed by atoms with van der Waals surface area (Å²) in [5, 5.41) is 7.35. The van der Waals surface area contributed by atoms with Crippen molar-refractivity contribution < 1.29 is 19.0 Å². The van der Waals surface area contributed by atoms with Gasteiger partial charge in [-0.3, -0.25) is 4.79 Å². The van der Waals surface area contributed by atoms with E-state index >= 15 is 0 Å². The molecule has 0 saturated carbocycles. The van der Waals surface area contributed by atoms with Gasteiger partial charge in [-0.05, 0) is 30.4 Å². The topological polar surface area (TPSA) is 100 Å². The van der Waals surface area contributed by atoms with Crippen molar-refractivity contribution in [2.24, 2.45) is 0 Å². The second-order valence-electron chi connectivity index (χ2n) is 8.18. The zero-order valence-corrected chi connectivity index (χ0v) is 18.6. The number of nitrogens with one attached hydrogen (secondary N) is 1. The number of benzene rings is 1. The third kappa shape index (κ3) is 4.52. The minimum absolute atomic E-state index is 0.156. The summed E-state index contributed by atoms with van der Waals surface area (Å²) in [5.74, 6) is 0.170. The first kappa shape index (κ1) is 21.7. The summed E-state index contributed by atoms with van der Waals surface area (Å²) >= 11 is 0. The van der Waals surface area contributed by atoms with E-state index in [1.54, 1.807) is 11.8 Å². The molecule has 1 unspecified atom stereocenters. The van der Waals surface area contributed by atoms with Gasteiger partial charge in [0.2, 0.25) is 0 Å². The molecule has 0 bridgehead atoms. The van der Waals surface area contributed by atoms with E-state index in [0.717, 1.165) is 36.1 Å². The first-order valence-electron chi connectivity index (χ1n) is 11.2. The monoisotopic (exact) mass is 449 g/mol. The van der Waals surface area contributed by atoms with E-state index in [1.807, 2.05) is 12.3 Å². The third-order valence-corrected chi connectivity index (χ3v) is 5.98. The van der Waals surface area contributed by atoms with Crippen LogP contribution in [0.1, 0.15) is 33.6 Å². The number of aryl methyl sites for hydroxylation is 2. The molecule has 0 radical (unpaired) electrons. The number of hydrogen-bond acceptors (Lipinski definition) is 7. The number of amides is 1. The molecule has 172 valence electrons. The van der Waals surface area contributed by atoms with Crippen LogP contribution < -0.4 is 5.32 Å². The lowest BCUT2D eigenvalue weighted by atomic mass is 10.0. The highest BCUT2D eigenvalue weighted by Crippen LogP contribution is 2.31. The molecule has 1 amide bonds. The number of aromatic nitrogens is 4.